The first-order valence-corrected chi connectivity index (χ1v) is 9.37. The zero-order chi connectivity index (χ0) is 17.5. The lowest BCUT2D eigenvalue weighted by atomic mass is 10.2. The largest absolute Gasteiger partial charge is 0.354 e. The zero-order valence-electron chi connectivity index (χ0n) is 13.6. The molecular weight excluding hydrogens is 390 g/mol. The summed E-state index contributed by atoms with van der Waals surface area (Å²) in [7, 11) is 0. The summed E-state index contributed by atoms with van der Waals surface area (Å²) in [4.78, 5) is 27.8. The molecule has 0 atom stereocenters. The molecule has 1 heterocycles. The Kier molecular flexibility index (Phi) is 6.93. The minimum atomic E-state index is -0.0973. The third kappa shape index (κ3) is 5.72. The molecule has 2 N–H and O–H groups in total. The van der Waals surface area contributed by atoms with Gasteiger partial charge in [0, 0.05) is 34.4 Å². The molecule has 2 rings (SSSR count). The fourth-order valence-corrected chi connectivity index (χ4v) is 3.18. The molecule has 0 spiro atoms. The summed E-state index contributed by atoms with van der Waals surface area (Å²) >= 11 is 4.96. The SMILES string of the molecule is CC(C)C(=O)NCCNC(=O)Cc1csc(-c2cccc(Br)c2)n1. The Hall–Kier alpha value is -1.73. The van der Waals surface area contributed by atoms with Gasteiger partial charge in [-0.05, 0) is 12.1 Å². The molecule has 2 aromatic rings. The van der Waals surface area contributed by atoms with Crippen molar-refractivity contribution in [2.75, 3.05) is 13.1 Å². The van der Waals surface area contributed by atoms with Crippen molar-refractivity contribution in [1.29, 1.82) is 0 Å². The molecule has 7 heteroatoms. The van der Waals surface area contributed by atoms with Crippen LogP contribution in [-0.2, 0) is 16.0 Å². The number of amides is 2. The van der Waals surface area contributed by atoms with Crippen molar-refractivity contribution >= 4 is 39.1 Å². The molecule has 0 saturated heterocycles. The molecule has 128 valence electrons. The molecule has 0 aliphatic heterocycles. The fourth-order valence-electron chi connectivity index (χ4n) is 1.96. The molecule has 2 amide bonds. The van der Waals surface area contributed by atoms with Crippen molar-refractivity contribution in [2.24, 2.45) is 5.92 Å². The van der Waals surface area contributed by atoms with Crippen molar-refractivity contribution in [1.82, 2.24) is 15.6 Å². The standard InChI is InChI=1S/C17H20BrN3O2S/c1-11(2)16(23)20-7-6-19-15(22)9-14-10-24-17(21-14)12-4-3-5-13(18)8-12/h3-5,8,10-11H,6-7,9H2,1-2H3,(H,19,22)(H,20,23). The van der Waals surface area contributed by atoms with Crippen LogP contribution in [0, 0.1) is 5.92 Å². The van der Waals surface area contributed by atoms with Gasteiger partial charge >= 0.3 is 0 Å². The molecule has 1 aromatic heterocycles. The summed E-state index contributed by atoms with van der Waals surface area (Å²) in [6.07, 6.45) is 0.239. The third-order valence-corrected chi connectivity index (χ3v) is 4.67. The summed E-state index contributed by atoms with van der Waals surface area (Å²) in [5, 5.41) is 8.34. The van der Waals surface area contributed by atoms with Crippen LogP contribution in [0.3, 0.4) is 0 Å². The van der Waals surface area contributed by atoms with Crippen LogP contribution in [0.1, 0.15) is 19.5 Å². The van der Waals surface area contributed by atoms with E-state index in [0.29, 0.717) is 13.1 Å². The molecule has 0 fully saturated rings. The van der Waals surface area contributed by atoms with Crippen LogP contribution in [0.25, 0.3) is 10.6 Å². The van der Waals surface area contributed by atoms with Crippen molar-refractivity contribution < 1.29 is 9.59 Å². The quantitative estimate of drug-likeness (QED) is 0.690. The molecule has 0 bridgehead atoms. The van der Waals surface area contributed by atoms with E-state index >= 15 is 0 Å². The molecular formula is C17H20BrN3O2S. The number of aromatic nitrogens is 1. The van der Waals surface area contributed by atoms with Gasteiger partial charge in [-0.1, -0.05) is 41.9 Å². The molecule has 0 saturated carbocycles. The van der Waals surface area contributed by atoms with Gasteiger partial charge < -0.3 is 10.6 Å². The first-order chi connectivity index (χ1) is 11.5. The van der Waals surface area contributed by atoms with Crippen LogP contribution < -0.4 is 10.6 Å². The maximum Gasteiger partial charge on any atom is 0.226 e. The number of thiazole rings is 1. The fraction of sp³-hybridized carbons (Fsp3) is 0.353. The third-order valence-electron chi connectivity index (χ3n) is 3.24. The van der Waals surface area contributed by atoms with Gasteiger partial charge in [-0.15, -0.1) is 11.3 Å². The Bertz CT molecular complexity index is 715. The van der Waals surface area contributed by atoms with Gasteiger partial charge in [-0.2, -0.15) is 0 Å². The van der Waals surface area contributed by atoms with Gasteiger partial charge in [0.25, 0.3) is 0 Å². The monoisotopic (exact) mass is 409 g/mol. The van der Waals surface area contributed by atoms with Gasteiger partial charge in [0.1, 0.15) is 5.01 Å². The van der Waals surface area contributed by atoms with Crippen LogP contribution in [0.2, 0.25) is 0 Å². The highest BCUT2D eigenvalue weighted by molar-refractivity contribution is 9.10. The summed E-state index contributed by atoms with van der Waals surface area (Å²) < 4.78 is 0.998. The van der Waals surface area contributed by atoms with E-state index in [1.54, 1.807) is 0 Å². The van der Waals surface area contributed by atoms with Gasteiger partial charge in [0.2, 0.25) is 11.8 Å². The number of carbonyl (C=O) groups excluding carboxylic acids is 2. The number of hydrogen-bond donors (Lipinski definition) is 2. The Morgan fingerprint density at radius 3 is 2.71 bits per heavy atom. The highest BCUT2D eigenvalue weighted by Gasteiger charge is 2.10. The van der Waals surface area contributed by atoms with Gasteiger partial charge in [0.15, 0.2) is 0 Å². The second-order valence-electron chi connectivity index (χ2n) is 5.63. The van der Waals surface area contributed by atoms with E-state index in [-0.39, 0.29) is 24.2 Å². The van der Waals surface area contributed by atoms with Gasteiger partial charge in [0.05, 0.1) is 12.1 Å². The normalized spacial score (nSPS) is 10.7. The zero-order valence-corrected chi connectivity index (χ0v) is 16.0. The Labute approximate surface area is 154 Å². The Morgan fingerprint density at radius 2 is 2.00 bits per heavy atom. The van der Waals surface area contributed by atoms with E-state index in [1.165, 1.54) is 11.3 Å². The lowest BCUT2D eigenvalue weighted by Gasteiger charge is -2.08. The van der Waals surface area contributed by atoms with Gasteiger partial charge in [-0.3, -0.25) is 9.59 Å². The predicted octanol–water partition coefficient (Wildman–Crippen LogP) is 3.00. The summed E-state index contributed by atoms with van der Waals surface area (Å²) in [6.45, 7) is 4.51. The smallest absolute Gasteiger partial charge is 0.226 e. The van der Waals surface area contributed by atoms with Crippen molar-refractivity contribution in [2.45, 2.75) is 20.3 Å². The number of carbonyl (C=O) groups is 2. The van der Waals surface area contributed by atoms with Crippen LogP contribution in [0.15, 0.2) is 34.1 Å². The van der Waals surface area contributed by atoms with Crippen LogP contribution in [0.5, 0.6) is 0 Å². The number of hydrogen-bond acceptors (Lipinski definition) is 4. The van der Waals surface area contributed by atoms with Crippen LogP contribution in [0.4, 0.5) is 0 Å². The van der Waals surface area contributed by atoms with Crippen molar-refractivity contribution in [3.63, 3.8) is 0 Å². The minimum Gasteiger partial charge on any atom is -0.354 e. The Balaban J connectivity index is 1.80. The molecule has 24 heavy (non-hydrogen) atoms. The molecule has 1 aromatic carbocycles. The summed E-state index contributed by atoms with van der Waals surface area (Å²) in [5.74, 6) is -0.158. The average Bonchev–Trinajstić information content (AvgIpc) is 2.99. The first kappa shape index (κ1) is 18.6. The molecule has 5 nitrogen and oxygen atoms in total. The highest BCUT2D eigenvalue weighted by Crippen LogP contribution is 2.26. The molecule has 0 unspecified atom stereocenters. The second-order valence-corrected chi connectivity index (χ2v) is 7.40. The lowest BCUT2D eigenvalue weighted by molar-refractivity contribution is -0.124. The van der Waals surface area contributed by atoms with Crippen molar-refractivity contribution in [3.05, 3.63) is 39.8 Å². The maximum absolute atomic E-state index is 11.9. The number of rotatable bonds is 7. The van der Waals surface area contributed by atoms with Gasteiger partial charge in [-0.25, -0.2) is 4.98 Å². The average molecular weight is 410 g/mol. The van der Waals surface area contributed by atoms with E-state index in [1.807, 2.05) is 43.5 Å². The molecule has 0 aliphatic rings. The van der Waals surface area contributed by atoms with Crippen LogP contribution in [-0.4, -0.2) is 29.9 Å². The highest BCUT2D eigenvalue weighted by atomic mass is 79.9. The number of nitrogens with one attached hydrogen (secondary N) is 2. The minimum absolute atomic E-state index is 0.0117. The number of benzene rings is 1. The molecule has 0 aliphatic carbocycles. The van der Waals surface area contributed by atoms with Crippen LogP contribution >= 0.6 is 27.3 Å². The van der Waals surface area contributed by atoms with E-state index in [4.69, 9.17) is 0 Å². The molecule has 0 radical (unpaired) electrons. The van der Waals surface area contributed by atoms with Crippen molar-refractivity contribution in [3.8, 4) is 10.6 Å². The topological polar surface area (TPSA) is 71.1 Å². The summed E-state index contributed by atoms with van der Waals surface area (Å²) in [6, 6.07) is 7.91. The van der Waals surface area contributed by atoms with E-state index < -0.39 is 0 Å². The summed E-state index contributed by atoms with van der Waals surface area (Å²) in [5.41, 5.74) is 1.77. The Morgan fingerprint density at radius 1 is 1.25 bits per heavy atom. The van der Waals surface area contributed by atoms with E-state index in [2.05, 4.69) is 31.5 Å². The maximum atomic E-state index is 11.9. The number of halogens is 1. The lowest BCUT2D eigenvalue weighted by Crippen LogP contribution is -2.36. The second kappa shape index (κ2) is 8.94. The van der Waals surface area contributed by atoms with E-state index in [0.717, 1.165) is 20.7 Å². The van der Waals surface area contributed by atoms with E-state index in [9.17, 15) is 9.59 Å². The number of nitrogens with zero attached hydrogens (tertiary/aromatic N) is 1. The first-order valence-electron chi connectivity index (χ1n) is 7.70. The predicted molar refractivity (Wildman–Crippen MR) is 99.8 cm³/mol.